The number of thiol groups is 1. The lowest BCUT2D eigenvalue weighted by Gasteiger charge is -2.16. The van der Waals surface area contributed by atoms with E-state index in [1.165, 1.54) is 24.3 Å². The molecule has 2 aromatic carbocycles. The lowest BCUT2D eigenvalue weighted by atomic mass is 10.1. The van der Waals surface area contributed by atoms with Crippen molar-refractivity contribution in [2.24, 2.45) is 0 Å². The van der Waals surface area contributed by atoms with Crippen molar-refractivity contribution in [2.75, 3.05) is 10.5 Å². The third-order valence-electron chi connectivity index (χ3n) is 3.28. The largest absolute Gasteiger partial charge is 0.573 e. The maximum Gasteiger partial charge on any atom is 0.573 e. The van der Waals surface area contributed by atoms with Crippen LogP contribution in [0, 0.1) is 0 Å². The van der Waals surface area contributed by atoms with Crippen LogP contribution >= 0.6 is 12.6 Å². The maximum atomic E-state index is 12.5. The highest BCUT2D eigenvalue weighted by molar-refractivity contribution is 7.92. The van der Waals surface area contributed by atoms with Gasteiger partial charge in [-0.3, -0.25) is 9.52 Å². The number of ether oxygens (including phenoxy) is 2. The number of anilines is 1. The second-order valence-corrected chi connectivity index (χ2v) is 7.47. The summed E-state index contributed by atoms with van der Waals surface area (Å²) in [5, 5.41) is 0. The summed E-state index contributed by atoms with van der Waals surface area (Å²) in [5.41, 5.74) is 0.182. The molecular weight excluding hydrogens is 464 g/mol. The predicted molar refractivity (Wildman–Crippen MR) is 95.2 cm³/mol. The van der Waals surface area contributed by atoms with Gasteiger partial charge in [-0.05, 0) is 36.4 Å². The summed E-state index contributed by atoms with van der Waals surface area (Å²) in [6, 6.07) is 6.20. The predicted octanol–water partition coefficient (Wildman–Crippen LogP) is 4.40. The molecule has 164 valence electrons. The van der Waals surface area contributed by atoms with E-state index in [4.69, 9.17) is 0 Å². The molecule has 1 N–H and O–H groups in total. The smallest absolute Gasteiger partial charge is 0.402 e. The van der Waals surface area contributed by atoms with Crippen LogP contribution in [0.1, 0.15) is 10.4 Å². The Morgan fingerprint density at radius 2 is 1.43 bits per heavy atom. The first-order valence-corrected chi connectivity index (χ1v) is 9.74. The minimum Gasteiger partial charge on any atom is -0.402 e. The summed E-state index contributed by atoms with van der Waals surface area (Å²) in [7, 11) is -4.52. The zero-order chi connectivity index (χ0) is 22.7. The van der Waals surface area contributed by atoms with Crippen LogP contribution in [0.3, 0.4) is 0 Å². The summed E-state index contributed by atoms with van der Waals surface area (Å²) in [4.78, 5) is 10.7. The Bertz CT molecular complexity index is 1020. The van der Waals surface area contributed by atoms with E-state index >= 15 is 0 Å². The number of carbonyl (C=O) groups is 1. The van der Waals surface area contributed by atoms with Crippen LogP contribution in [-0.2, 0) is 10.0 Å². The fraction of sp³-hybridized carbons (Fsp3) is 0.188. The van der Waals surface area contributed by atoms with Crippen molar-refractivity contribution in [1.29, 1.82) is 0 Å². The molecule has 14 heteroatoms. The molecule has 0 aliphatic carbocycles. The van der Waals surface area contributed by atoms with E-state index in [9.17, 15) is 39.6 Å². The van der Waals surface area contributed by atoms with Crippen LogP contribution in [-0.4, -0.2) is 32.7 Å². The Hall–Kier alpha value is -2.61. The number of halogens is 6. The van der Waals surface area contributed by atoms with Crippen molar-refractivity contribution >= 4 is 34.1 Å². The number of sulfonamides is 1. The first-order chi connectivity index (χ1) is 13.7. The van der Waals surface area contributed by atoms with Crippen LogP contribution in [0.15, 0.2) is 47.4 Å². The number of hydrogen-bond donors (Lipinski definition) is 2. The highest BCUT2D eigenvalue weighted by atomic mass is 32.2. The first kappa shape index (κ1) is 23.7. The second-order valence-electron chi connectivity index (χ2n) is 5.47. The fourth-order valence-electron chi connectivity index (χ4n) is 2.10. The van der Waals surface area contributed by atoms with Crippen LogP contribution < -0.4 is 14.2 Å². The minimum atomic E-state index is -5.41. The molecule has 0 amide bonds. The van der Waals surface area contributed by atoms with Gasteiger partial charge in [-0.25, -0.2) is 8.42 Å². The molecule has 0 atom stereocenters. The molecule has 0 aliphatic heterocycles. The summed E-state index contributed by atoms with van der Waals surface area (Å²) in [5.74, 6) is -3.30. The van der Waals surface area contributed by atoms with E-state index < -0.39 is 39.1 Å². The van der Waals surface area contributed by atoms with E-state index in [-0.39, 0.29) is 28.9 Å². The highest BCUT2D eigenvalue weighted by Crippen LogP contribution is 2.37. The molecule has 0 saturated carbocycles. The molecule has 0 spiro atoms. The van der Waals surface area contributed by atoms with Crippen molar-refractivity contribution < 1.29 is 49.0 Å². The van der Waals surface area contributed by atoms with Crippen molar-refractivity contribution in [3.05, 3.63) is 48.0 Å². The molecule has 0 aromatic heterocycles. The number of Topliss-reactive ketones (excluding diaryl/α,β-unsaturated/α-hetero) is 1. The van der Waals surface area contributed by atoms with Gasteiger partial charge in [0, 0.05) is 17.3 Å². The molecule has 0 bridgehead atoms. The van der Waals surface area contributed by atoms with Gasteiger partial charge < -0.3 is 9.47 Å². The third-order valence-corrected chi connectivity index (χ3v) is 4.95. The topological polar surface area (TPSA) is 81.7 Å². The molecule has 2 aromatic rings. The zero-order valence-electron chi connectivity index (χ0n) is 14.4. The Morgan fingerprint density at radius 3 is 1.93 bits per heavy atom. The molecule has 0 aliphatic rings. The van der Waals surface area contributed by atoms with Gasteiger partial charge in [0.05, 0.1) is 10.6 Å². The standard InChI is InChI=1S/C16H11F6NO5S2/c17-15(18,19)27-13-6-5-11(7-14(13)28-16(20,21)22)30(25,26)23-10-3-1-9(2-4-10)12(24)8-29/h1-7,23,29H,8H2. The fourth-order valence-corrected chi connectivity index (χ4v) is 3.35. The summed E-state index contributed by atoms with van der Waals surface area (Å²) >= 11 is 3.81. The third kappa shape index (κ3) is 6.73. The molecule has 0 fully saturated rings. The monoisotopic (exact) mass is 475 g/mol. The minimum absolute atomic E-state index is 0.0559. The molecule has 30 heavy (non-hydrogen) atoms. The van der Waals surface area contributed by atoms with Crippen LogP contribution in [0.2, 0.25) is 0 Å². The molecule has 0 unspecified atom stereocenters. The van der Waals surface area contributed by atoms with Gasteiger partial charge >= 0.3 is 12.7 Å². The van der Waals surface area contributed by atoms with E-state index in [2.05, 4.69) is 22.1 Å². The van der Waals surface area contributed by atoms with Crippen molar-refractivity contribution in [3.63, 3.8) is 0 Å². The quantitative estimate of drug-likeness (QED) is 0.353. The molecule has 2 rings (SSSR count). The van der Waals surface area contributed by atoms with Crippen molar-refractivity contribution in [2.45, 2.75) is 17.6 Å². The Morgan fingerprint density at radius 1 is 0.900 bits per heavy atom. The van der Waals surface area contributed by atoms with E-state index in [1.807, 2.05) is 4.72 Å². The van der Waals surface area contributed by atoms with Crippen LogP contribution in [0.4, 0.5) is 32.0 Å². The number of hydrogen-bond acceptors (Lipinski definition) is 6. The maximum absolute atomic E-state index is 12.5. The molecule has 0 heterocycles. The number of benzene rings is 2. The average Bonchev–Trinajstić information content (AvgIpc) is 2.60. The SMILES string of the molecule is O=C(CS)c1ccc(NS(=O)(=O)c2ccc(OC(F)(F)F)c(OC(F)(F)F)c2)cc1. The normalized spacial score (nSPS) is 12.4. The zero-order valence-corrected chi connectivity index (χ0v) is 16.1. The van der Waals surface area contributed by atoms with Gasteiger partial charge in [0.1, 0.15) is 0 Å². The van der Waals surface area contributed by atoms with Gasteiger partial charge in [-0.1, -0.05) is 0 Å². The van der Waals surface area contributed by atoms with Gasteiger partial charge in [-0.15, -0.1) is 26.3 Å². The van der Waals surface area contributed by atoms with Crippen molar-refractivity contribution in [3.8, 4) is 11.5 Å². The molecule has 0 radical (unpaired) electrons. The van der Waals surface area contributed by atoms with Gasteiger partial charge in [-0.2, -0.15) is 12.6 Å². The van der Waals surface area contributed by atoms with Gasteiger partial charge in [0.25, 0.3) is 10.0 Å². The van der Waals surface area contributed by atoms with E-state index in [0.29, 0.717) is 12.1 Å². The lowest BCUT2D eigenvalue weighted by Crippen LogP contribution is -2.22. The highest BCUT2D eigenvalue weighted by Gasteiger charge is 2.37. The summed E-state index contributed by atoms with van der Waals surface area (Å²) < 4.78 is 108. The number of rotatable bonds is 7. The molecule has 0 saturated heterocycles. The van der Waals surface area contributed by atoms with E-state index in [1.54, 1.807) is 0 Å². The van der Waals surface area contributed by atoms with Crippen LogP contribution in [0.25, 0.3) is 0 Å². The lowest BCUT2D eigenvalue weighted by molar-refractivity contribution is -0.287. The number of alkyl halides is 6. The Balaban J connectivity index is 2.36. The van der Waals surface area contributed by atoms with Crippen molar-refractivity contribution in [1.82, 2.24) is 0 Å². The molecular formula is C16H11F6NO5S2. The summed E-state index contributed by atoms with van der Waals surface area (Å²) in [6.45, 7) is 0. The van der Waals surface area contributed by atoms with Gasteiger partial charge in [0.15, 0.2) is 17.3 Å². The number of ketones is 1. The summed E-state index contributed by atoms with van der Waals surface area (Å²) in [6.07, 6.45) is -10.7. The Kier molecular flexibility index (Phi) is 6.81. The Labute approximate surface area is 171 Å². The van der Waals surface area contributed by atoms with Gasteiger partial charge in [0.2, 0.25) is 0 Å². The second kappa shape index (κ2) is 8.63. The number of carbonyl (C=O) groups excluding carboxylic acids is 1. The van der Waals surface area contributed by atoms with E-state index in [0.717, 1.165) is 0 Å². The average molecular weight is 475 g/mol. The number of nitrogens with one attached hydrogen (secondary N) is 1. The molecule has 6 nitrogen and oxygen atoms in total. The first-order valence-electron chi connectivity index (χ1n) is 7.63. The van der Waals surface area contributed by atoms with Crippen LogP contribution in [0.5, 0.6) is 11.5 Å².